The number of methoxy groups -OCH3 is 1. The minimum atomic E-state index is -4.13. The van der Waals surface area contributed by atoms with E-state index in [1.165, 1.54) is 31.4 Å². The molecule has 0 radical (unpaired) electrons. The molecule has 0 heterocycles. The van der Waals surface area contributed by atoms with Gasteiger partial charge < -0.3 is 10.1 Å². The van der Waals surface area contributed by atoms with Crippen molar-refractivity contribution in [3.05, 3.63) is 89.7 Å². The van der Waals surface area contributed by atoms with Crippen LogP contribution in [0.15, 0.2) is 77.7 Å². The topological polar surface area (TPSA) is 84.5 Å². The maximum atomic E-state index is 13.6. The molecule has 0 fully saturated rings. The molecule has 2 N–H and O–H groups in total. The Morgan fingerprint density at radius 1 is 1.00 bits per heavy atom. The Morgan fingerprint density at radius 3 is 2.36 bits per heavy atom. The van der Waals surface area contributed by atoms with Gasteiger partial charge >= 0.3 is 0 Å². The molecule has 0 aromatic heterocycles. The van der Waals surface area contributed by atoms with Gasteiger partial charge in [0.05, 0.1) is 7.11 Å². The summed E-state index contributed by atoms with van der Waals surface area (Å²) in [6.07, 6.45) is 0.105. The Kier molecular flexibility index (Phi) is 7.84. The summed E-state index contributed by atoms with van der Waals surface area (Å²) >= 11 is 0. The molecule has 6 nitrogen and oxygen atoms in total. The van der Waals surface area contributed by atoms with Crippen LogP contribution in [0.2, 0.25) is 0 Å². The Bertz CT molecular complexity index is 1210. The molecule has 8 heteroatoms. The zero-order valence-electron chi connectivity index (χ0n) is 18.7. The quantitative estimate of drug-likeness (QED) is 0.483. The summed E-state index contributed by atoms with van der Waals surface area (Å²) in [7, 11) is -2.74. The average molecular weight is 471 g/mol. The van der Waals surface area contributed by atoms with E-state index in [0.717, 1.165) is 11.1 Å². The number of rotatable bonds is 9. The zero-order chi connectivity index (χ0) is 24.0. The molecule has 0 aliphatic rings. The predicted octanol–water partition coefficient (Wildman–Crippen LogP) is 4.49. The monoisotopic (exact) mass is 470 g/mol. The summed E-state index contributed by atoms with van der Waals surface area (Å²) in [4.78, 5) is 13.0. The molecule has 1 amide bonds. The third-order valence-corrected chi connectivity index (χ3v) is 6.63. The van der Waals surface area contributed by atoms with Crippen molar-refractivity contribution in [1.29, 1.82) is 0 Å². The third-order valence-electron chi connectivity index (χ3n) is 5.13. The number of sulfonamides is 1. The molecule has 3 aromatic carbocycles. The standard InChI is InChI=1S/C25H27FN2O4S/c1-17(2)19-12-13-23(32-3)24(15-19)33(30,31)28-22(14-18-8-5-4-6-9-18)25(29)27-21-11-7-10-20(26)16-21/h4-13,15-17,22,28H,14H2,1-3H3,(H,27,29). The smallest absolute Gasteiger partial charge is 0.245 e. The van der Waals surface area contributed by atoms with Crippen LogP contribution < -0.4 is 14.8 Å². The van der Waals surface area contributed by atoms with Crippen LogP contribution in [0.5, 0.6) is 5.75 Å². The van der Waals surface area contributed by atoms with Crippen LogP contribution in [0, 0.1) is 5.82 Å². The molecular weight excluding hydrogens is 443 g/mol. The second-order valence-electron chi connectivity index (χ2n) is 7.93. The molecule has 0 spiro atoms. The van der Waals surface area contributed by atoms with Crippen LogP contribution in [0.1, 0.15) is 30.9 Å². The number of hydrogen-bond donors (Lipinski definition) is 2. The van der Waals surface area contributed by atoms with Crippen molar-refractivity contribution in [1.82, 2.24) is 4.72 Å². The molecule has 1 unspecified atom stereocenters. The van der Waals surface area contributed by atoms with E-state index in [0.29, 0.717) is 0 Å². The van der Waals surface area contributed by atoms with Crippen molar-refractivity contribution in [2.24, 2.45) is 0 Å². The number of nitrogens with one attached hydrogen (secondary N) is 2. The summed E-state index contributed by atoms with van der Waals surface area (Å²) in [5.74, 6) is -0.840. The van der Waals surface area contributed by atoms with Crippen molar-refractivity contribution >= 4 is 21.6 Å². The van der Waals surface area contributed by atoms with E-state index in [4.69, 9.17) is 4.74 Å². The first-order valence-electron chi connectivity index (χ1n) is 10.5. The molecule has 0 aliphatic carbocycles. The number of benzene rings is 3. The lowest BCUT2D eigenvalue weighted by atomic mass is 10.0. The first kappa shape index (κ1) is 24.4. The van der Waals surface area contributed by atoms with E-state index in [2.05, 4.69) is 10.0 Å². The molecule has 0 bridgehead atoms. The van der Waals surface area contributed by atoms with Crippen molar-refractivity contribution in [2.75, 3.05) is 12.4 Å². The lowest BCUT2D eigenvalue weighted by molar-refractivity contribution is -0.117. The number of ether oxygens (including phenoxy) is 1. The molecule has 0 aliphatic heterocycles. The Balaban J connectivity index is 1.95. The van der Waals surface area contributed by atoms with Crippen LogP contribution in [-0.4, -0.2) is 27.5 Å². The van der Waals surface area contributed by atoms with E-state index in [9.17, 15) is 17.6 Å². The summed E-state index contributed by atoms with van der Waals surface area (Å²) in [6, 6.07) is 18.3. The number of amides is 1. The highest BCUT2D eigenvalue weighted by Gasteiger charge is 2.29. The van der Waals surface area contributed by atoms with Gasteiger partial charge in [0, 0.05) is 5.69 Å². The van der Waals surface area contributed by atoms with Crippen LogP contribution in [0.3, 0.4) is 0 Å². The second kappa shape index (κ2) is 10.6. The van der Waals surface area contributed by atoms with Gasteiger partial charge in [0.2, 0.25) is 15.9 Å². The fourth-order valence-corrected chi connectivity index (χ4v) is 4.75. The van der Waals surface area contributed by atoms with Crippen LogP contribution in [-0.2, 0) is 21.2 Å². The molecule has 174 valence electrons. The van der Waals surface area contributed by atoms with Crippen molar-refractivity contribution < 1.29 is 22.3 Å². The Labute approximate surface area is 193 Å². The van der Waals surface area contributed by atoms with Crippen LogP contribution in [0.4, 0.5) is 10.1 Å². The van der Waals surface area contributed by atoms with E-state index in [-0.39, 0.29) is 28.7 Å². The van der Waals surface area contributed by atoms with E-state index in [1.807, 2.05) is 19.9 Å². The van der Waals surface area contributed by atoms with Gasteiger partial charge in [-0.15, -0.1) is 0 Å². The highest BCUT2D eigenvalue weighted by Crippen LogP contribution is 2.28. The summed E-state index contributed by atoms with van der Waals surface area (Å²) in [6.45, 7) is 3.91. The summed E-state index contributed by atoms with van der Waals surface area (Å²) in [5.41, 5.74) is 1.82. The maximum Gasteiger partial charge on any atom is 0.245 e. The lowest BCUT2D eigenvalue weighted by Gasteiger charge is -2.20. The number of hydrogen-bond acceptors (Lipinski definition) is 4. The molecular formula is C25H27FN2O4S. The van der Waals surface area contributed by atoms with Gasteiger partial charge in [0.1, 0.15) is 22.5 Å². The number of carbonyl (C=O) groups is 1. The minimum absolute atomic E-state index is 0.0483. The van der Waals surface area contributed by atoms with Gasteiger partial charge in [-0.25, -0.2) is 12.8 Å². The lowest BCUT2D eigenvalue weighted by Crippen LogP contribution is -2.45. The average Bonchev–Trinajstić information content (AvgIpc) is 2.78. The molecule has 0 saturated carbocycles. The van der Waals surface area contributed by atoms with Gasteiger partial charge in [-0.2, -0.15) is 4.72 Å². The number of halogens is 1. The minimum Gasteiger partial charge on any atom is -0.495 e. The third kappa shape index (κ3) is 6.40. The second-order valence-corrected chi connectivity index (χ2v) is 9.61. The van der Waals surface area contributed by atoms with Gasteiger partial charge in [-0.3, -0.25) is 4.79 Å². The SMILES string of the molecule is COc1ccc(C(C)C)cc1S(=O)(=O)NC(Cc1ccccc1)C(=O)Nc1cccc(F)c1. The zero-order valence-corrected chi connectivity index (χ0v) is 19.5. The normalized spacial score (nSPS) is 12.4. The molecule has 0 saturated heterocycles. The first-order chi connectivity index (χ1) is 15.7. The number of anilines is 1. The fourth-order valence-electron chi connectivity index (χ4n) is 3.35. The number of carbonyl (C=O) groups excluding carboxylic acids is 1. The van der Waals surface area contributed by atoms with E-state index >= 15 is 0 Å². The van der Waals surface area contributed by atoms with Gasteiger partial charge in [0.15, 0.2) is 0 Å². The molecule has 3 rings (SSSR count). The molecule has 1 atom stereocenters. The predicted molar refractivity (Wildman–Crippen MR) is 126 cm³/mol. The molecule has 33 heavy (non-hydrogen) atoms. The van der Waals surface area contributed by atoms with Gasteiger partial charge in [0.25, 0.3) is 0 Å². The van der Waals surface area contributed by atoms with Crippen molar-refractivity contribution in [3.63, 3.8) is 0 Å². The Morgan fingerprint density at radius 2 is 1.73 bits per heavy atom. The largest absolute Gasteiger partial charge is 0.495 e. The highest BCUT2D eigenvalue weighted by molar-refractivity contribution is 7.89. The van der Waals surface area contributed by atoms with Crippen LogP contribution in [0.25, 0.3) is 0 Å². The van der Waals surface area contributed by atoms with Crippen LogP contribution >= 0.6 is 0 Å². The fraction of sp³-hybridized carbons (Fsp3) is 0.240. The summed E-state index contributed by atoms with van der Waals surface area (Å²) < 4.78 is 48.1. The van der Waals surface area contributed by atoms with E-state index < -0.39 is 27.8 Å². The van der Waals surface area contributed by atoms with Gasteiger partial charge in [-0.05, 0) is 53.8 Å². The van der Waals surface area contributed by atoms with E-state index in [1.54, 1.807) is 42.5 Å². The van der Waals surface area contributed by atoms with Crippen molar-refractivity contribution in [2.45, 2.75) is 37.1 Å². The first-order valence-corrected chi connectivity index (χ1v) is 12.0. The maximum absolute atomic E-state index is 13.6. The molecule has 3 aromatic rings. The van der Waals surface area contributed by atoms with Crippen molar-refractivity contribution in [3.8, 4) is 5.75 Å². The highest BCUT2D eigenvalue weighted by atomic mass is 32.2. The summed E-state index contributed by atoms with van der Waals surface area (Å²) in [5, 5.41) is 2.60. The van der Waals surface area contributed by atoms with Gasteiger partial charge in [-0.1, -0.05) is 56.3 Å². The Hall–Kier alpha value is -3.23.